The molecule has 2 unspecified atom stereocenters. The summed E-state index contributed by atoms with van der Waals surface area (Å²) in [7, 11) is -3.45. The fourth-order valence-corrected chi connectivity index (χ4v) is 11.7. The van der Waals surface area contributed by atoms with Crippen molar-refractivity contribution in [3.05, 3.63) is 0 Å². The minimum atomic E-state index is -1.73. The number of ether oxygens (including phenoxy) is 2. The van der Waals surface area contributed by atoms with Crippen molar-refractivity contribution in [3.63, 3.8) is 0 Å². The smallest absolute Gasteiger partial charge is 0.177 e. The molecule has 0 heterocycles. The molecule has 0 aliphatic rings. The van der Waals surface area contributed by atoms with Gasteiger partial charge in [-0.2, -0.15) is 0 Å². The van der Waals surface area contributed by atoms with Crippen LogP contribution < -0.4 is 0 Å². The highest BCUT2D eigenvalue weighted by molar-refractivity contribution is 6.84. The van der Waals surface area contributed by atoms with Gasteiger partial charge in [0.15, 0.2) is 29.2 Å². The van der Waals surface area contributed by atoms with E-state index in [1.54, 1.807) is 0 Å². The number of hydrogen-bond acceptors (Lipinski definition) is 7. The first-order chi connectivity index (χ1) is 11.6. The van der Waals surface area contributed by atoms with Crippen LogP contribution in [0.25, 0.3) is 0 Å². The highest BCUT2D eigenvalue weighted by Gasteiger charge is 2.32. The minimum Gasteiger partial charge on any atom is -0.455 e. The van der Waals surface area contributed by atoms with Crippen molar-refractivity contribution in [1.29, 1.82) is 0 Å². The molecule has 0 fully saturated rings. The zero-order valence-corrected chi connectivity index (χ0v) is 18.2. The second-order valence-corrected chi connectivity index (χ2v) is 16.4. The van der Waals surface area contributed by atoms with Gasteiger partial charge >= 0.3 is 0 Å². The summed E-state index contributed by atoms with van der Waals surface area (Å²) in [5.74, 6) is 0. The Morgan fingerprint density at radius 2 is 1.04 bits per heavy atom. The lowest BCUT2D eigenvalue weighted by molar-refractivity contribution is -0.125. The van der Waals surface area contributed by atoms with Crippen molar-refractivity contribution in [3.8, 4) is 0 Å². The second kappa shape index (κ2) is 13.3. The number of aliphatic hydroxyl groups excluding tert-OH is 4. The monoisotopic (exact) mass is 398 g/mol. The highest BCUT2D eigenvalue weighted by atomic mass is 28.4. The van der Waals surface area contributed by atoms with Crippen molar-refractivity contribution in [2.24, 2.45) is 0 Å². The van der Waals surface area contributed by atoms with Crippen LogP contribution in [-0.2, 0) is 13.6 Å². The number of hydrogen-bond donors (Lipinski definition) is 4. The maximum atomic E-state index is 9.12. The van der Waals surface area contributed by atoms with Gasteiger partial charge in [0.25, 0.3) is 0 Å². The lowest BCUT2D eigenvalue weighted by atomic mass is 10.4. The maximum absolute atomic E-state index is 9.12. The van der Waals surface area contributed by atoms with Crippen LogP contribution in [-0.4, -0.2) is 76.1 Å². The highest BCUT2D eigenvalue weighted by Crippen LogP contribution is 2.24. The van der Waals surface area contributed by atoms with Crippen LogP contribution in [0.5, 0.6) is 0 Å². The summed E-state index contributed by atoms with van der Waals surface area (Å²) < 4.78 is 16.6. The summed E-state index contributed by atoms with van der Waals surface area (Å²) in [5, 5.41) is 35.6. The molecule has 7 nitrogen and oxygen atoms in total. The van der Waals surface area contributed by atoms with E-state index in [2.05, 4.69) is 26.2 Å². The van der Waals surface area contributed by atoms with Gasteiger partial charge in [-0.1, -0.05) is 12.8 Å². The van der Waals surface area contributed by atoms with E-state index in [0.717, 1.165) is 37.8 Å². The lowest BCUT2D eigenvalue weighted by Gasteiger charge is -2.34. The van der Waals surface area contributed by atoms with Gasteiger partial charge in [0.2, 0.25) is 0 Å². The molecule has 4 N–H and O–H groups in total. The third-order valence-corrected chi connectivity index (χ3v) is 11.4. The van der Waals surface area contributed by atoms with Gasteiger partial charge in [-0.25, -0.2) is 0 Å². The normalized spacial score (nSPS) is 15.4. The minimum absolute atomic E-state index is 0.368. The average molecular weight is 399 g/mol. The molecule has 0 aliphatic heterocycles. The van der Waals surface area contributed by atoms with Gasteiger partial charge in [-0.05, 0) is 51.1 Å². The molecular weight excluding hydrogens is 360 g/mol. The van der Waals surface area contributed by atoms with Crippen LogP contribution in [0.1, 0.15) is 25.7 Å². The molecular formula is C16H38O7Si2. The van der Waals surface area contributed by atoms with Gasteiger partial charge in [-0.3, -0.25) is 0 Å². The molecule has 0 radical (unpaired) electrons. The van der Waals surface area contributed by atoms with Gasteiger partial charge < -0.3 is 34.0 Å². The fourth-order valence-electron chi connectivity index (χ4n) is 2.70. The van der Waals surface area contributed by atoms with Crippen molar-refractivity contribution < 1.29 is 34.0 Å². The Kier molecular flexibility index (Phi) is 13.4. The van der Waals surface area contributed by atoms with E-state index in [0.29, 0.717) is 13.2 Å². The van der Waals surface area contributed by atoms with E-state index in [1.807, 2.05) is 0 Å². The molecule has 0 spiro atoms. The van der Waals surface area contributed by atoms with Gasteiger partial charge in [0.05, 0.1) is 13.2 Å². The van der Waals surface area contributed by atoms with E-state index < -0.39 is 29.2 Å². The fraction of sp³-hybridized carbons (Fsp3) is 1.00. The standard InChI is InChI=1S/C16H38O7Si2/c1-24(2,11-7-5-9-21-15(19)13-17)23-25(3,4)12-8-6-10-22-16(20)14-18/h15-20H,5-14H2,1-4H3. The molecule has 0 aliphatic carbocycles. The molecule has 0 aromatic carbocycles. The van der Waals surface area contributed by atoms with E-state index >= 15 is 0 Å². The molecule has 2 atom stereocenters. The SMILES string of the molecule is C[Si](C)(CCCCOC(O)CO)O[Si](C)(C)CCCCOC(O)CO. The lowest BCUT2D eigenvalue weighted by Crippen LogP contribution is -2.44. The van der Waals surface area contributed by atoms with Gasteiger partial charge in [0.1, 0.15) is 0 Å². The van der Waals surface area contributed by atoms with Crippen molar-refractivity contribution in [2.75, 3.05) is 26.4 Å². The molecule has 0 bridgehead atoms. The van der Waals surface area contributed by atoms with Crippen LogP contribution in [0.4, 0.5) is 0 Å². The van der Waals surface area contributed by atoms with E-state index in [4.69, 9.17) is 34.0 Å². The zero-order chi connectivity index (χ0) is 19.3. The zero-order valence-electron chi connectivity index (χ0n) is 16.2. The second-order valence-electron chi connectivity index (χ2n) is 7.55. The summed E-state index contributed by atoms with van der Waals surface area (Å²) in [6.45, 7) is 9.13. The van der Waals surface area contributed by atoms with Crippen LogP contribution in [0.15, 0.2) is 0 Å². The van der Waals surface area contributed by atoms with Crippen LogP contribution in [0.2, 0.25) is 38.3 Å². The average Bonchev–Trinajstić information content (AvgIpc) is 2.52. The van der Waals surface area contributed by atoms with Crippen LogP contribution in [0.3, 0.4) is 0 Å². The molecule has 0 rings (SSSR count). The predicted octanol–water partition coefficient (Wildman–Crippen LogP) is 1.63. The third kappa shape index (κ3) is 15.0. The third-order valence-electron chi connectivity index (χ3n) is 3.83. The molecule has 0 saturated heterocycles. The molecule has 0 amide bonds. The summed E-state index contributed by atoms with van der Waals surface area (Å²) >= 11 is 0. The molecule has 0 aromatic heterocycles. The van der Waals surface area contributed by atoms with E-state index in [9.17, 15) is 0 Å². The summed E-state index contributed by atoms with van der Waals surface area (Å²) in [6, 6.07) is 2.10. The Balaban J connectivity index is 3.91. The largest absolute Gasteiger partial charge is 0.455 e. The predicted molar refractivity (Wildman–Crippen MR) is 102 cm³/mol. The first-order valence-corrected chi connectivity index (χ1v) is 15.4. The van der Waals surface area contributed by atoms with Gasteiger partial charge in [0, 0.05) is 13.2 Å². The number of aliphatic hydroxyl groups is 4. The molecule has 25 heavy (non-hydrogen) atoms. The maximum Gasteiger partial charge on any atom is 0.177 e. The Hall–Kier alpha value is 0.154. The van der Waals surface area contributed by atoms with E-state index in [1.165, 1.54) is 0 Å². The Labute approximate surface area is 154 Å². The Morgan fingerprint density at radius 3 is 1.36 bits per heavy atom. The van der Waals surface area contributed by atoms with Gasteiger partial charge in [-0.15, -0.1) is 0 Å². The Bertz CT molecular complexity index is 300. The van der Waals surface area contributed by atoms with E-state index in [-0.39, 0.29) is 13.2 Å². The molecule has 152 valence electrons. The summed E-state index contributed by atoms with van der Waals surface area (Å²) in [5.41, 5.74) is 0. The molecule has 0 aromatic rings. The van der Waals surface area contributed by atoms with Crippen molar-refractivity contribution in [2.45, 2.75) is 76.5 Å². The van der Waals surface area contributed by atoms with Crippen molar-refractivity contribution in [1.82, 2.24) is 0 Å². The van der Waals surface area contributed by atoms with Crippen LogP contribution in [0, 0.1) is 0 Å². The van der Waals surface area contributed by atoms with Crippen LogP contribution >= 0.6 is 0 Å². The quantitative estimate of drug-likeness (QED) is 0.178. The number of rotatable bonds is 16. The summed E-state index contributed by atoms with van der Waals surface area (Å²) in [4.78, 5) is 0. The Morgan fingerprint density at radius 1 is 0.680 bits per heavy atom. The molecule has 9 heteroatoms. The molecule has 0 saturated carbocycles. The van der Waals surface area contributed by atoms with Crippen molar-refractivity contribution >= 4 is 16.6 Å². The first-order valence-electron chi connectivity index (χ1n) is 9.13. The topological polar surface area (TPSA) is 109 Å². The summed E-state index contributed by atoms with van der Waals surface area (Å²) in [6.07, 6.45) is 1.54. The first kappa shape index (κ1) is 25.2. The number of unbranched alkanes of at least 4 members (excludes halogenated alkanes) is 2.